The molecule has 7 heteroatoms. The number of aromatic nitrogens is 2. The second-order valence-corrected chi connectivity index (χ2v) is 7.03. The van der Waals surface area contributed by atoms with Crippen molar-refractivity contribution in [3.05, 3.63) is 12.4 Å². The highest BCUT2D eigenvalue weighted by Crippen LogP contribution is 2.33. The van der Waals surface area contributed by atoms with Crippen LogP contribution in [0.3, 0.4) is 0 Å². The summed E-state index contributed by atoms with van der Waals surface area (Å²) in [6.45, 7) is 5.01. The van der Waals surface area contributed by atoms with E-state index in [0.717, 1.165) is 24.5 Å². The number of hydrogen-bond acceptors (Lipinski definition) is 5. The Morgan fingerprint density at radius 3 is 2.78 bits per heavy atom. The number of nitrogens with one attached hydrogen (secondary N) is 1. The molecule has 1 aliphatic rings. The van der Waals surface area contributed by atoms with Gasteiger partial charge in [-0.1, -0.05) is 18.7 Å². The summed E-state index contributed by atoms with van der Waals surface area (Å²) in [5.74, 6) is 0.334. The molecule has 0 aliphatic heterocycles. The van der Waals surface area contributed by atoms with E-state index in [0.29, 0.717) is 18.8 Å². The average molecular weight is 339 g/mol. The van der Waals surface area contributed by atoms with Crippen molar-refractivity contribution in [3.8, 4) is 0 Å². The fourth-order valence-electron chi connectivity index (χ4n) is 2.94. The van der Waals surface area contributed by atoms with Gasteiger partial charge in [0.05, 0.1) is 12.9 Å². The van der Waals surface area contributed by atoms with E-state index < -0.39 is 5.54 Å². The second-order valence-electron chi connectivity index (χ2n) is 6.09. The van der Waals surface area contributed by atoms with Gasteiger partial charge in [-0.2, -0.15) is 0 Å². The van der Waals surface area contributed by atoms with Crippen molar-refractivity contribution in [2.45, 2.75) is 56.8 Å². The van der Waals surface area contributed by atoms with Crippen LogP contribution in [0.15, 0.2) is 17.6 Å². The molecule has 0 saturated heterocycles. The molecule has 0 atom stereocenters. The molecule has 0 aromatic carbocycles. The zero-order valence-corrected chi connectivity index (χ0v) is 14.8. The number of aryl methyl sites for hydroxylation is 1. The number of methoxy groups -OCH3 is 1. The Bertz CT molecular complexity index is 551. The van der Waals surface area contributed by atoms with Crippen molar-refractivity contribution in [1.82, 2.24) is 14.9 Å². The summed E-state index contributed by atoms with van der Waals surface area (Å²) in [7, 11) is 1.38. The van der Waals surface area contributed by atoms with E-state index in [9.17, 15) is 9.59 Å². The van der Waals surface area contributed by atoms with Gasteiger partial charge in [0.25, 0.3) is 0 Å². The van der Waals surface area contributed by atoms with E-state index in [2.05, 4.69) is 17.2 Å². The molecule has 0 radical (unpaired) electrons. The summed E-state index contributed by atoms with van der Waals surface area (Å²) in [5, 5.41) is 3.74. The number of ether oxygens (including phenoxy) is 1. The molecule has 1 aromatic rings. The monoisotopic (exact) mass is 339 g/mol. The van der Waals surface area contributed by atoms with E-state index in [1.807, 2.05) is 17.7 Å². The fraction of sp³-hybridized carbons (Fsp3) is 0.688. The molecule has 1 heterocycles. The zero-order valence-electron chi connectivity index (χ0n) is 14.0. The van der Waals surface area contributed by atoms with Gasteiger partial charge in [0.15, 0.2) is 5.16 Å². The number of amides is 1. The van der Waals surface area contributed by atoms with Crippen molar-refractivity contribution >= 4 is 23.6 Å². The van der Waals surface area contributed by atoms with Crippen LogP contribution < -0.4 is 5.32 Å². The van der Waals surface area contributed by atoms with Crippen LogP contribution in [-0.4, -0.2) is 39.8 Å². The summed E-state index contributed by atoms with van der Waals surface area (Å²) < 4.78 is 6.92. The maximum absolute atomic E-state index is 12.3. The quantitative estimate of drug-likeness (QED) is 0.635. The molecule has 0 spiro atoms. The maximum atomic E-state index is 12.3. The lowest BCUT2D eigenvalue weighted by atomic mass is 9.77. The topological polar surface area (TPSA) is 73.2 Å². The van der Waals surface area contributed by atoms with Crippen LogP contribution in [0.25, 0.3) is 0 Å². The first-order valence-electron chi connectivity index (χ1n) is 8.04. The molecule has 1 amide bonds. The van der Waals surface area contributed by atoms with Crippen LogP contribution in [-0.2, 0) is 20.9 Å². The Hall–Kier alpha value is -1.50. The Morgan fingerprint density at radius 1 is 1.48 bits per heavy atom. The third kappa shape index (κ3) is 4.28. The van der Waals surface area contributed by atoms with Crippen molar-refractivity contribution < 1.29 is 14.3 Å². The van der Waals surface area contributed by atoms with Crippen LogP contribution in [0.2, 0.25) is 0 Å². The molecule has 6 nitrogen and oxygen atoms in total. The van der Waals surface area contributed by atoms with Crippen molar-refractivity contribution in [2.75, 3.05) is 12.9 Å². The third-order valence-corrected chi connectivity index (χ3v) is 5.44. The lowest BCUT2D eigenvalue weighted by Crippen LogP contribution is -2.57. The zero-order chi connectivity index (χ0) is 16.9. The highest BCUT2D eigenvalue weighted by atomic mass is 32.2. The van der Waals surface area contributed by atoms with Crippen LogP contribution in [0.5, 0.6) is 0 Å². The van der Waals surface area contributed by atoms with E-state index in [1.165, 1.54) is 18.9 Å². The van der Waals surface area contributed by atoms with Crippen LogP contribution in [0.4, 0.5) is 0 Å². The Morgan fingerprint density at radius 2 is 2.17 bits per heavy atom. The lowest BCUT2D eigenvalue weighted by Gasteiger charge is -2.37. The minimum Gasteiger partial charge on any atom is -0.467 e. The van der Waals surface area contributed by atoms with Crippen molar-refractivity contribution in [2.24, 2.45) is 5.92 Å². The smallest absolute Gasteiger partial charge is 0.331 e. The molecule has 1 aromatic heterocycles. The van der Waals surface area contributed by atoms with Gasteiger partial charge in [0, 0.05) is 18.9 Å². The highest BCUT2D eigenvalue weighted by molar-refractivity contribution is 7.99. The lowest BCUT2D eigenvalue weighted by molar-refractivity contribution is -0.152. The number of imidazole rings is 1. The standard InChI is InChI=1S/C16H25N3O3S/c1-4-19-10-9-17-15(19)23-11-13(20)18-16(14(21)22-3)7-5-12(2)6-8-16/h9-10,12H,4-8,11H2,1-3H3,(H,18,20). The Labute approximate surface area is 141 Å². The fourth-order valence-corrected chi connectivity index (χ4v) is 3.76. The first-order valence-corrected chi connectivity index (χ1v) is 9.02. The highest BCUT2D eigenvalue weighted by Gasteiger charge is 2.43. The van der Waals surface area contributed by atoms with E-state index in [1.54, 1.807) is 6.20 Å². The number of thioether (sulfide) groups is 1. The van der Waals surface area contributed by atoms with Gasteiger partial charge in [0.1, 0.15) is 5.54 Å². The van der Waals surface area contributed by atoms with Gasteiger partial charge < -0.3 is 14.6 Å². The summed E-state index contributed by atoms with van der Waals surface area (Å²) >= 11 is 1.38. The minimum absolute atomic E-state index is 0.152. The number of carbonyl (C=O) groups is 2. The molecule has 2 rings (SSSR count). The normalized spacial score (nSPS) is 24.2. The van der Waals surface area contributed by atoms with Crippen LogP contribution in [0.1, 0.15) is 39.5 Å². The summed E-state index contributed by atoms with van der Waals surface area (Å²) in [6.07, 6.45) is 6.73. The van der Waals surface area contributed by atoms with E-state index >= 15 is 0 Å². The van der Waals surface area contributed by atoms with Gasteiger partial charge in [-0.3, -0.25) is 4.79 Å². The first-order chi connectivity index (χ1) is 11.0. The van der Waals surface area contributed by atoms with Gasteiger partial charge in [-0.15, -0.1) is 0 Å². The molecule has 0 bridgehead atoms. The summed E-state index contributed by atoms with van der Waals surface area (Å²) in [5.41, 5.74) is -0.862. The largest absolute Gasteiger partial charge is 0.467 e. The number of hydrogen-bond donors (Lipinski definition) is 1. The molecule has 128 valence electrons. The van der Waals surface area contributed by atoms with Crippen LogP contribution in [0, 0.1) is 5.92 Å². The molecule has 1 aliphatic carbocycles. The van der Waals surface area contributed by atoms with Crippen molar-refractivity contribution in [1.29, 1.82) is 0 Å². The van der Waals surface area contributed by atoms with Gasteiger partial charge in [0.2, 0.25) is 5.91 Å². The molecule has 23 heavy (non-hydrogen) atoms. The average Bonchev–Trinajstić information content (AvgIpc) is 3.02. The molecular formula is C16H25N3O3S. The molecule has 1 saturated carbocycles. The van der Waals surface area contributed by atoms with Gasteiger partial charge in [-0.05, 0) is 38.5 Å². The van der Waals surface area contributed by atoms with Gasteiger partial charge >= 0.3 is 5.97 Å². The minimum atomic E-state index is -0.862. The van der Waals surface area contributed by atoms with Crippen LogP contribution >= 0.6 is 11.8 Å². The number of nitrogens with zero attached hydrogens (tertiary/aromatic N) is 2. The first kappa shape index (κ1) is 17.8. The third-order valence-electron chi connectivity index (χ3n) is 4.43. The SMILES string of the molecule is CCn1ccnc1SCC(=O)NC1(C(=O)OC)CCC(C)CC1. The Balaban J connectivity index is 1.96. The molecular weight excluding hydrogens is 314 g/mol. The second kappa shape index (κ2) is 7.86. The number of carbonyl (C=O) groups excluding carboxylic acids is 2. The molecule has 1 N–H and O–H groups in total. The van der Waals surface area contributed by atoms with E-state index in [4.69, 9.17) is 4.74 Å². The molecule has 0 unspecified atom stereocenters. The predicted molar refractivity (Wildman–Crippen MR) is 89.1 cm³/mol. The van der Waals surface area contributed by atoms with E-state index in [-0.39, 0.29) is 17.6 Å². The number of rotatable bonds is 6. The number of esters is 1. The Kier molecular flexibility index (Phi) is 6.10. The summed E-state index contributed by atoms with van der Waals surface area (Å²) in [6, 6.07) is 0. The van der Waals surface area contributed by atoms with Gasteiger partial charge in [-0.25, -0.2) is 9.78 Å². The maximum Gasteiger partial charge on any atom is 0.331 e. The molecule has 1 fully saturated rings. The van der Waals surface area contributed by atoms with Crippen molar-refractivity contribution in [3.63, 3.8) is 0 Å². The summed E-state index contributed by atoms with van der Waals surface area (Å²) in [4.78, 5) is 28.8. The predicted octanol–water partition coefficient (Wildman–Crippen LogP) is 2.23.